The normalized spacial score (nSPS) is 15.8. The highest BCUT2D eigenvalue weighted by Crippen LogP contribution is 2.25. The summed E-state index contributed by atoms with van der Waals surface area (Å²) < 4.78 is 38.2. The lowest BCUT2D eigenvalue weighted by Gasteiger charge is -2.33. The predicted molar refractivity (Wildman–Crippen MR) is 106 cm³/mol. The fourth-order valence-electron chi connectivity index (χ4n) is 3.40. The number of aromatic nitrogens is 1. The van der Waals surface area contributed by atoms with Crippen molar-refractivity contribution in [3.8, 4) is 0 Å². The first-order valence-corrected chi connectivity index (χ1v) is 10.5. The molecule has 0 saturated carbocycles. The van der Waals surface area contributed by atoms with Crippen LogP contribution in [0.15, 0.2) is 56.6 Å². The van der Waals surface area contributed by atoms with Gasteiger partial charge in [-0.1, -0.05) is 0 Å². The quantitative estimate of drug-likeness (QED) is 0.678. The number of oxazole rings is 1. The monoisotopic (exact) mass is 403 g/mol. The molecule has 1 aliphatic heterocycles. The zero-order valence-electron chi connectivity index (χ0n) is 15.3. The van der Waals surface area contributed by atoms with Gasteiger partial charge in [0.15, 0.2) is 5.58 Å². The van der Waals surface area contributed by atoms with Gasteiger partial charge >= 0.3 is 5.76 Å². The van der Waals surface area contributed by atoms with Gasteiger partial charge in [-0.25, -0.2) is 13.2 Å². The van der Waals surface area contributed by atoms with Crippen LogP contribution < -0.4 is 15.4 Å². The van der Waals surface area contributed by atoms with E-state index in [9.17, 15) is 13.2 Å². The SMILES string of the molecule is COC1CCN(c2ccc(NS(=O)(=O)c3ccc4oc(=O)[nH]c4c3)cc2)CC1. The molecule has 1 aromatic heterocycles. The topological polar surface area (TPSA) is 105 Å². The summed E-state index contributed by atoms with van der Waals surface area (Å²) in [6.45, 7) is 1.82. The summed E-state index contributed by atoms with van der Waals surface area (Å²) >= 11 is 0. The third kappa shape index (κ3) is 3.76. The zero-order chi connectivity index (χ0) is 19.7. The molecule has 9 heteroatoms. The predicted octanol–water partition coefficient (Wildman–Crippen LogP) is 2.54. The van der Waals surface area contributed by atoms with Crippen molar-refractivity contribution in [3.63, 3.8) is 0 Å². The molecule has 8 nitrogen and oxygen atoms in total. The average Bonchev–Trinajstić information content (AvgIpc) is 3.07. The second-order valence-corrected chi connectivity index (χ2v) is 8.43. The van der Waals surface area contributed by atoms with Crippen LogP contribution in [0.3, 0.4) is 0 Å². The molecule has 1 aliphatic rings. The number of aromatic amines is 1. The van der Waals surface area contributed by atoms with Gasteiger partial charge in [0.25, 0.3) is 10.0 Å². The molecule has 0 aliphatic carbocycles. The Morgan fingerprint density at radius 2 is 1.86 bits per heavy atom. The van der Waals surface area contributed by atoms with Crippen molar-refractivity contribution in [3.05, 3.63) is 53.0 Å². The van der Waals surface area contributed by atoms with Gasteiger partial charge in [-0.15, -0.1) is 0 Å². The number of piperidine rings is 1. The molecule has 0 spiro atoms. The lowest BCUT2D eigenvalue weighted by atomic mass is 10.1. The van der Waals surface area contributed by atoms with Crippen LogP contribution in [0.5, 0.6) is 0 Å². The number of anilines is 2. The highest BCUT2D eigenvalue weighted by Gasteiger charge is 2.19. The van der Waals surface area contributed by atoms with Gasteiger partial charge in [0.1, 0.15) is 0 Å². The summed E-state index contributed by atoms with van der Waals surface area (Å²) in [5.74, 6) is -0.623. The first kappa shape index (κ1) is 18.6. The Morgan fingerprint density at radius 3 is 2.54 bits per heavy atom. The Balaban J connectivity index is 1.49. The number of ether oxygens (including phenoxy) is 1. The molecule has 0 amide bonds. The lowest BCUT2D eigenvalue weighted by Crippen LogP contribution is -2.36. The fourth-order valence-corrected chi connectivity index (χ4v) is 4.49. The first-order chi connectivity index (χ1) is 13.4. The minimum atomic E-state index is -3.79. The van der Waals surface area contributed by atoms with Crippen LogP contribution in [0.2, 0.25) is 0 Å². The molecule has 148 valence electrons. The number of benzene rings is 2. The second-order valence-electron chi connectivity index (χ2n) is 6.75. The number of nitrogens with one attached hydrogen (secondary N) is 2. The van der Waals surface area contributed by atoms with Crippen LogP contribution in [0, 0.1) is 0 Å². The van der Waals surface area contributed by atoms with E-state index in [1.54, 1.807) is 19.2 Å². The van der Waals surface area contributed by atoms with Crippen molar-refractivity contribution < 1.29 is 17.6 Å². The molecule has 0 atom stereocenters. The molecule has 28 heavy (non-hydrogen) atoms. The van der Waals surface area contributed by atoms with Crippen LogP contribution in [-0.2, 0) is 14.8 Å². The number of fused-ring (bicyclic) bond motifs is 1. The van der Waals surface area contributed by atoms with E-state index >= 15 is 0 Å². The van der Waals surface area contributed by atoms with Crippen LogP contribution in [-0.4, -0.2) is 39.7 Å². The Bertz CT molecular complexity index is 1130. The van der Waals surface area contributed by atoms with E-state index in [0.717, 1.165) is 31.6 Å². The van der Waals surface area contributed by atoms with Crippen molar-refractivity contribution >= 4 is 32.5 Å². The molecule has 1 saturated heterocycles. The lowest BCUT2D eigenvalue weighted by molar-refractivity contribution is 0.0819. The van der Waals surface area contributed by atoms with E-state index in [2.05, 4.69) is 14.6 Å². The van der Waals surface area contributed by atoms with Crippen LogP contribution in [0.4, 0.5) is 11.4 Å². The van der Waals surface area contributed by atoms with Crippen LogP contribution in [0.1, 0.15) is 12.8 Å². The number of H-pyrrole nitrogens is 1. The molecule has 0 bridgehead atoms. The van der Waals surface area contributed by atoms with E-state index in [1.165, 1.54) is 18.2 Å². The fraction of sp³-hybridized carbons (Fsp3) is 0.316. The zero-order valence-corrected chi connectivity index (χ0v) is 16.2. The Kier molecular flexibility index (Phi) is 4.86. The van der Waals surface area contributed by atoms with E-state index in [4.69, 9.17) is 9.15 Å². The van der Waals surface area contributed by atoms with Crippen molar-refractivity contribution in [2.24, 2.45) is 0 Å². The summed E-state index contributed by atoms with van der Waals surface area (Å²) in [4.78, 5) is 16.0. The molecule has 0 radical (unpaired) electrons. The maximum absolute atomic E-state index is 12.6. The van der Waals surface area contributed by atoms with Gasteiger partial charge in [0.05, 0.1) is 16.5 Å². The number of methoxy groups -OCH3 is 1. The Labute approximate surface area is 162 Å². The molecule has 0 unspecified atom stereocenters. The van der Waals surface area contributed by atoms with Gasteiger partial charge in [-0.2, -0.15) is 0 Å². The summed E-state index contributed by atoms with van der Waals surface area (Å²) in [6.07, 6.45) is 2.26. The largest absolute Gasteiger partial charge is 0.417 e. The Morgan fingerprint density at radius 1 is 1.14 bits per heavy atom. The molecule has 2 aromatic carbocycles. The molecular formula is C19H21N3O5S. The number of nitrogens with zero attached hydrogens (tertiary/aromatic N) is 1. The second kappa shape index (κ2) is 7.33. The average molecular weight is 403 g/mol. The van der Waals surface area contributed by atoms with Crippen molar-refractivity contribution in [1.82, 2.24) is 4.98 Å². The summed E-state index contributed by atoms with van der Waals surface area (Å²) in [5, 5.41) is 0. The molecule has 3 aromatic rings. The smallest absolute Gasteiger partial charge is 0.408 e. The maximum Gasteiger partial charge on any atom is 0.417 e. The van der Waals surface area contributed by atoms with E-state index < -0.39 is 15.8 Å². The van der Waals surface area contributed by atoms with E-state index in [0.29, 0.717) is 22.9 Å². The number of sulfonamides is 1. The van der Waals surface area contributed by atoms with E-state index in [1.807, 2.05) is 12.1 Å². The maximum atomic E-state index is 12.6. The van der Waals surface area contributed by atoms with E-state index in [-0.39, 0.29) is 4.90 Å². The highest BCUT2D eigenvalue weighted by molar-refractivity contribution is 7.92. The van der Waals surface area contributed by atoms with Crippen molar-refractivity contribution in [2.45, 2.75) is 23.8 Å². The van der Waals surface area contributed by atoms with Crippen molar-refractivity contribution in [2.75, 3.05) is 29.8 Å². The molecule has 2 heterocycles. The minimum Gasteiger partial charge on any atom is -0.408 e. The van der Waals surface area contributed by atoms with Gasteiger partial charge in [-0.05, 0) is 55.3 Å². The van der Waals surface area contributed by atoms with Crippen LogP contribution in [0.25, 0.3) is 11.1 Å². The highest BCUT2D eigenvalue weighted by atomic mass is 32.2. The van der Waals surface area contributed by atoms with Gasteiger partial charge in [0.2, 0.25) is 0 Å². The molecule has 1 fully saturated rings. The Hall–Kier alpha value is -2.78. The van der Waals surface area contributed by atoms with Gasteiger partial charge in [-0.3, -0.25) is 9.71 Å². The van der Waals surface area contributed by atoms with Gasteiger partial charge < -0.3 is 14.1 Å². The molecular weight excluding hydrogens is 382 g/mol. The molecule has 4 rings (SSSR count). The van der Waals surface area contributed by atoms with Crippen molar-refractivity contribution in [1.29, 1.82) is 0 Å². The van der Waals surface area contributed by atoms with Crippen LogP contribution >= 0.6 is 0 Å². The molecule has 2 N–H and O–H groups in total. The van der Waals surface area contributed by atoms with Gasteiger partial charge in [0, 0.05) is 31.6 Å². The third-order valence-corrected chi connectivity index (χ3v) is 6.34. The summed E-state index contributed by atoms with van der Waals surface area (Å²) in [5.41, 5.74) is 2.17. The summed E-state index contributed by atoms with van der Waals surface area (Å²) in [7, 11) is -2.05. The minimum absolute atomic E-state index is 0.0442. The first-order valence-electron chi connectivity index (χ1n) is 8.98. The number of hydrogen-bond acceptors (Lipinski definition) is 6. The third-order valence-electron chi connectivity index (χ3n) is 4.96. The number of hydrogen-bond donors (Lipinski definition) is 2. The standard InChI is InChI=1S/C19H21N3O5S/c1-26-15-8-10-22(11-9-15)14-4-2-13(3-5-14)21-28(24,25)16-6-7-18-17(12-16)20-19(23)27-18/h2-7,12,15,21H,8-11H2,1H3,(H,20,23). The number of rotatable bonds is 5. The summed E-state index contributed by atoms with van der Waals surface area (Å²) in [6, 6.07) is 11.5.